The van der Waals surface area contributed by atoms with Crippen LogP contribution in [0.1, 0.15) is 16.7 Å². The first-order valence-corrected chi connectivity index (χ1v) is 7.05. The van der Waals surface area contributed by atoms with Crippen molar-refractivity contribution in [1.29, 1.82) is 0 Å². The van der Waals surface area contributed by atoms with Gasteiger partial charge in [0.1, 0.15) is 5.82 Å². The predicted octanol–water partition coefficient (Wildman–Crippen LogP) is 5.64. The quantitative estimate of drug-likeness (QED) is 0.642. The van der Waals surface area contributed by atoms with Crippen molar-refractivity contribution in [2.75, 3.05) is 0 Å². The SMILES string of the molecule is Cc1ccccc1C(=C(Br)Br)c1ccc(F)cc1. The van der Waals surface area contributed by atoms with Gasteiger partial charge in [-0.15, -0.1) is 0 Å². The van der Waals surface area contributed by atoms with Crippen LogP contribution in [-0.4, -0.2) is 0 Å². The van der Waals surface area contributed by atoms with E-state index < -0.39 is 0 Å². The van der Waals surface area contributed by atoms with Crippen LogP contribution in [0, 0.1) is 12.7 Å². The Bertz CT molecular complexity index is 582. The molecular weight excluding hydrogens is 359 g/mol. The van der Waals surface area contributed by atoms with Crippen LogP contribution in [0.25, 0.3) is 5.57 Å². The molecule has 3 heteroatoms. The highest BCUT2D eigenvalue weighted by Crippen LogP contribution is 2.34. The third-order valence-electron chi connectivity index (χ3n) is 2.74. The van der Waals surface area contributed by atoms with E-state index in [-0.39, 0.29) is 5.82 Å². The van der Waals surface area contributed by atoms with E-state index in [1.807, 2.05) is 12.1 Å². The Hall–Kier alpha value is -0.930. The average molecular weight is 370 g/mol. The molecule has 92 valence electrons. The highest BCUT2D eigenvalue weighted by Gasteiger charge is 2.10. The lowest BCUT2D eigenvalue weighted by atomic mass is 9.96. The molecule has 2 aromatic carbocycles. The van der Waals surface area contributed by atoms with Crippen molar-refractivity contribution in [2.24, 2.45) is 0 Å². The maximum Gasteiger partial charge on any atom is 0.123 e. The van der Waals surface area contributed by atoms with Gasteiger partial charge in [0.2, 0.25) is 0 Å². The monoisotopic (exact) mass is 368 g/mol. The number of benzene rings is 2. The molecule has 0 fully saturated rings. The average Bonchev–Trinajstić information content (AvgIpc) is 2.34. The molecule has 0 amide bonds. The first-order chi connectivity index (χ1) is 8.59. The Kier molecular flexibility index (Phi) is 4.36. The molecule has 0 N–H and O–H groups in total. The summed E-state index contributed by atoms with van der Waals surface area (Å²) in [5, 5.41) is 0. The molecule has 0 spiro atoms. The molecule has 18 heavy (non-hydrogen) atoms. The summed E-state index contributed by atoms with van der Waals surface area (Å²) in [6.07, 6.45) is 0. The van der Waals surface area contributed by atoms with E-state index in [0.29, 0.717) is 0 Å². The summed E-state index contributed by atoms with van der Waals surface area (Å²) in [7, 11) is 0. The maximum atomic E-state index is 13.0. The predicted molar refractivity (Wildman–Crippen MR) is 81.5 cm³/mol. The molecule has 0 aliphatic carbocycles. The van der Waals surface area contributed by atoms with Gasteiger partial charge in [0.05, 0.1) is 3.39 Å². The van der Waals surface area contributed by atoms with Gasteiger partial charge in [0.25, 0.3) is 0 Å². The smallest absolute Gasteiger partial charge is 0.123 e. The summed E-state index contributed by atoms with van der Waals surface area (Å²) >= 11 is 6.94. The molecule has 2 aromatic rings. The minimum atomic E-state index is -0.228. The molecule has 0 bridgehead atoms. The highest BCUT2D eigenvalue weighted by molar-refractivity contribution is 9.28. The lowest BCUT2D eigenvalue weighted by molar-refractivity contribution is 0.627. The third-order valence-corrected chi connectivity index (χ3v) is 3.53. The number of hydrogen-bond acceptors (Lipinski definition) is 0. The second kappa shape index (κ2) is 5.81. The molecule has 0 unspecified atom stereocenters. The molecule has 0 heterocycles. The van der Waals surface area contributed by atoms with E-state index in [2.05, 4.69) is 50.9 Å². The summed E-state index contributed by atoms with van der Waals surface area (Å²) in [5.41, 5.74) is 4.28. The molecular formula is C15H11Br2F. The van der Waals surface area contributed by atoms with E-state index in [1.54, 1.807) is 12.1 Å². The minimum absolute atomic E-state index is 0.228. The van der Waals surface area contributed by atoms with Crippen LogP contribution in [0.15, 0.2) is 51.9 Å². The van der Waals surface area contributed by atoms with Crippen molar-refractivity contribution < 1.29 is 4.39 Å². The van der Waals surface area contributed by atoms with Crippen LogP contribution >= 0.6 is 31.9 Å². The molecule has 2 rings (SSSR count). The first kappa shape index (κ1) is 13.5. The Morgan fingerprint density at radius 2 is 1.56 bits per heavy atom. The summed E-state index contributed by atoms with van der Waals surface area (Å²) in [5.74, 6) is -0.228. The fraction of sp³-hybridized carbons (Fsp3) is 0.0667. The standard InChI is InChI=1S/C15H11Br2F/c1-10-4-2-3-5-13(10)14(15(16)17)11-6-8-12(18)9-7-11/h2-9H,1H3. The Morgan fingerprint density at radius 1 is 0.944 bits per heavy atom. The van der Waals surface area contributed by atoms with Gasteiger partial charge in [-0.2, -0.15) is 0 Å². The molecule has 0 atom stereocenters. The third kappa shape index (κ3) is 2.90. The summed E-state index contributed by atoms with van der Waals surface area (Å²) in [6, 6.07) is 14.6. The van der Waals surface area contributed by atoms with Gasteiger partial charge in [0, 0.05) is 5.57 Å². The normalized spacial score (nSPS) is 10.2. The largest absolute Gasteiger partial charge is 0.207 e. The van der Waals surface area contributed by atoms with Gasteiger partial charge in [-0.25, -0.2) is 4.39 Å². The topological polar surface area (TPSA) is 0 Å². The van der Waals surface area contributed by atoms with Gasteiger partial charge in [-0.05, 0) is 67.6 Å². The van der Waals surface area contributed by atoms with Crippen LogP contribution in [-0.2, 0) is 0 Å². The van der Waals surface area contributed by atoms with Gasteiger partial charge < -0.3 is 0 Å². The van der Waals surface area contributed by atoms with Crippen LogP contribution < -0.4 is 0 Å². The van der Waals surface area contributed by atoms with Crippen molar-refractivity contribution in [3.8, 4) is 0 Å². The Labute approximate surface area is 123 Å². The molecule has 0 aliphatic heterocycles. The zero-order valence-corrected chi connectivity index (χ0v) is 12.9. The summed E-state index contributed by atoms with van der Waals surface area (Å²) < 4.78 is 13.9. The number of rotatable bonds is 2. The molecule has 0 aliphatic rings. The molecule has 0 saturated carbocycles. The highest BCUT2D eigenvalue weighted by atomic mass is 79.9. The minimum Gasteiger partial charge on any atom is -0.207 e. The van der Waals surface area contributed by atoms with Crippen molar-refractivity contribution in [2.45, 2.75) is 6.92 Å². The van der Waals surface area contributed by atoms with E-state index in [9.17, 15) is 4.39 Å². The maximum absolute atomic E-state index is 13.0. The van der Waals surface area contributed by atoms with Crippen molar-refractivity contribution in [1.82, 2.24) is 0 Å². The van der Waals surface area contributed by atoms with Crippen molar-refractivity contribution in [3.63, 3.8) is 0 Å². The number of aryl methyl sites for hydroxylation is 1. The van der Waals surface area contributed by atoms with Gasteiger partial charge in [0.15, 0.2) is 0 Å². The summed E-state index contributed by atoms with van der Waals surface area (Å²) in [4.78, 5) is 0. The van der Waals surface area contributed by atoms with Crippen LogP contribution in [0.5, 0.6) is 0 Å². The summed E-state index contributed by atoms with van der Waals surface area (Å²) in [6.45, 7) is 2.06. The van der Waals surface area contributed by atoms with Crippen molar-refractivity contribution in [3.05, 3.63) is 74.4 Å². The van der Waals surface area contributed by atoms with E-state index in [4.69, 9.17) is 0 Å². The van der Waals surface area contributed by atoms with Gasteiger partial charge in [-0.3, -0.25) is 0 Å². The van der Waals surface area contributed by atoms with Crippen molar-refractivity contribution >= 4 is 37.4 Å². The zero-order valence-electron chi connectivity index (χ0n) is 9.75. The second-order valence-electron chi connectivity index (χ2n) is 3.96. The van der Waals surface area contributed by atoms with Crippen LogP contribution in [0.4, 0.5) is 4.39 Å². The first-order valence-electron chi connectivity index (χ1n) is 5.47. The van der Waals surface area contributed by atoms with Gasteiger partial charge >= 0.3 is 0 Å². The molecule has 0 radical (unpaired) electrons. The number of hydrogen-bond donors (Lipinski definition) is 0. The molecule has 0 aromatic heterocycles. The fourth-order valence-corrected chi connectivity index (χ4v) is 2.72. The second-order valence-corrected chi connectivity index (χ2v) is 6.61. The molecule has 0 saturated heterocycles. The van der Waals surface area contributed by atoms with E-state index >= 15 is 0 Å². The van der Waals surface area contributed by atoms with Gasteiger partial charge in [-0.1, -0.05) is 36.4 Å². The zero-order chi connectivity index (χ0) is 13.1. The number of halogens is 3. The molecule has 0 nitrogen and oxygen atoms in total. The van der Waals surface area contributed by atoms with Crippen LogP contribution in [0.2, 0.25) is 0 Å². The Morgan fingerprint density at radius 3 is 2.11 bits per heavy atom. The van der Waals surface area contributed by atoms with E-state index in [0.717, 1.165) is 20.1 Å². The van der Waals surface area contributed by atoms with E-state index in [1.165, 1.54) is 17.7 Å². The lowest BCUT2D eigenvalue weighted by Gasteiger charge is -2.12. The lowest BCUT2D eigenvalue weighted by Crippen LogP contribution is -1.92. The fourth-order valence-electron chi connectivity index (χ4n) is 1.84. The van der Waals surface area contributed by atoms with Crippen LogP contribution in [0.3, 0.4) is 0 Å². The Balaban J connectivity index is 2.59.